The molecule has 1 aromatic rings. The summed E-state index contributed by atoms with van der Waals surface area (Å²) in [6.07, 6.45) is -0.332. The first-order chi connectivity index (χ1) is 7.42. The SMILES string of the molecule is Cc1cc(C)c(C2(C)COC(=O)N2)c(C)c1. The van der Waals surface area contributed by atoms with Gasteiger partial charge in [0.2, 0.25) is 0 Å². The summed E-state index contributed by atoms with van der Waals surface area (Å²) in [5, 5.41) is 2.89. The van der Waals surface area contributed by atoms with Gasteiger partial charge in [-0.25, -0.2) is 4.79 Å². The van der Waals surface area contributed by atoms with Crippen molar-refractivity contribution in [2.24, 2.45) is 0 Å². The lowest BCUT2D eigenvalue weighted by atomic mass is 9.85. The Labute approximate surface area is 95.8 Å². The van der Waals surface area contributed by atoms with Crippen LogP contribution in [-0.2, 0) is 10.3 Å². The highest BCUT2D eigenvalue weighted by Crippen LogP contribution is 2.31. The maximum absolute atomic E-state index is 11.2. The molecule has 0 aliphatic carbocycles. The summed E-state index contributed by atoms with van der Waals surface area (Å²) < 4.78 is 5.01. The van der Waals surface area contributed by atoms with Gasteiger partial charge < -0.3 is 10.1 Å². The van der Waals surface area contributed by atoms with E-state index in [1.165, 1.54) is 22.3 Å². The highest BCUT2D eigenvalue weighted by Gasteiger charge is 2.38. The lowest BCUT2D eigenvalue weighted by molar-refractivity contribution is 0.173. The van der Waals surface area contributed by atoms with Gasteiger partial charge in [-0.1, -0.05) is 17.7 Å². The predicted octanol–water partition coefficient (Wildman–Crippen LogP) is 2.57. The van der Waals surface area contributed by atoms with Gasteiger partial charge in [-0.2, -0.15) is 0 Å². The molecule has 1 fully saturated rings. The maximum atomic E-state index is 11.2. The van der Waals surface area contributed by atoms with Crippen LogP contribution in [0.5, 0.6) is 0 Å². The Balaban J connectivity index is 2.52. The van der Waals surface area contributed by atoms with Crippen molar-refractivity contribution in [2.45, 2.75) is 33.2 Å². The van der Waals surface area contributed by atoms with Gasteiger partial charge in [0.25, 0.3) is 0 Å². The number of aryl methyl sites for hydroxylation is 3. The molecule has 1 amide bonds. The van der Waals surface area contributed by atoms with Gasteiger partial charge in [0, 0.05) is 0 Å². The van der Waals surface area contributed by atoms with E-state index in [1.54, 1.807) is 0 Å². The van der Waals surface area contributed by atoms with Gasteiger partial charge >= 0.3 is 6.09 Å². The molecule has 16 heavy (non-hydrogen) atoms. The van der Waals surface area contributed by atoms with Crippen LogP contribution in [0.25, 0.3) is 0 Å². The Hall–Kier alpha value is -1.51. The van der Waals surface area contributed by atoms with Crippen LogP contribution >= 0.6 is 0 Å². The van der Waals surface area contributed by atoms with E-state index in [4.69, 9.17) is 4.74 Å². The van der Waals surface area contributed by atoms with Crippen LogP contribution in [0.3, 0.4) is 0 Å². The van der Waals surface area contributed by atoms with Crippen molar-refractivity contribution in [3.05, 3.63) is 34.4 Å². The summed E-state index contributed by atoms with van der Waals surface area (Å²) in [7, 11) is 0. The van der Waals surface area contributed by atoms with Crippen LogP contribution in [0, 0.1) is 20.8 Å². The maximum Gasteiger partial charge on any atom is 0.408 e. The van der Waals surface area contributed by atoms with Crippen molar-refractivity contribution in [3.63, 3.8) is 0 Å². The van der Waals surface area contributed by atoms with Crippen molar-refractivity contribution in [3.8, 4) is 0 Å². The van der Waals surface area contributed by atoms with Gasteiger partial charge in [-0.05, 0) is 44.4 Å². The van der Waals surface area contributed by atoms with Crippen LogP contribution in [0.4, 0.5) is 4.79 Å². The number of benzene rings is 1. The standard InChI is InChI=1S/C13H17NO2/c1-8-5-9(2)11(10(3)6-8)13(4)7-16-12(15)14-13/h5-6H,7H2,1-4H3,(H,14,15). The minimum atomic E-state index is -0.390. The molecule has 3 nitrogen and oxygen atoms in total. The van der Waals surface area contributed by atoms with Crippen LogP contribution < -0.4 is 5.32 Å². The Morgan fingerprint density at radius 2 is 1.81 bits per heavy atom. The molecule has 3 heteroatoms. The number of hydrogen-bond acceptors (Lipinski definition) is 2. The molecule has 0 saturated carbocycles. The first-order valence-electron chi connectivity index (χ1n) is 5.46. The van der Waals surface area contributed by atoms with Crippen molar-refractivity contribution >= 4 is 6.09 Å². The van der Waals surface area contributed by atoms with Gasteiger partial charge in [-0.15, -0.1) is 0 Å². The van der Waals surface area contributed by atoms with Crippen LogP contribution in [0.2, 0.25) is 0 Å². The molecule has 1 heterocycles. The summed E-state index contributed by atoms with van der Waals surface area (Å²) in [5.41, 5.74) is 4.42. The number of hydrogen-bond donors (Lipinski definition) is 1. The molecule has 2 rings (SSSR count). The Bertz CT molecular complexity index is 430. The van der Waals surface area contributed by atoms with Gasteiger partial charge in [0.05, 0.1) is 0 Å². The molecule has 0 aromatic heterocycles. The van der Waals surface area contributed by atoms with Crippen LogP contribution in [-0.4, -0.2) is 12.7 Å². The molecule has 1 unspecified atom stereocenters. The van der Waals surface area contributed by atoms with E-state index >= 15 is 0 Å². The summed E-state index contributed by atoms with van der Waals surface area (Å²) >= 11 is 0. The fourth-order valence-corrected chi connectivity index (χ4v) is 2.69. The summed E-state index contributed by atoms with van der Waals surface area (Å²) in [6.45, 7) is 8.63. The molecule has 86 valence electrons. The number of rotatable bonds is 1. The zero-order chi connectivity index (χ0) is 11.9. The normalized spacial score (nSPS) is 24.1. The molecule has 1 aliphatic heterocycles. The third-order valence-corrected chi connectivity index (χ3v) is 3.10. The van der Waals surface area contributed by atoms with Gasteiger partial charge in [-0.3, -0.25) is 0 Å². The van der Waals surface area contributed by atoms with E-state index < -0.39 is 0 Å². The first kappa shape index (κ1) is 11.0. The quantitative estimate of drug-likeness (QED) is 0.788. The number of ether oxygens (including phenoxy) is 1. The number of carbonyl (C=O) groups is 1. The van der Waals surface area contributed by atoms with E-state index in [0.29, 0.717) is 6.61 Å². The number of cyclic esters (lactones) is 1. The Morgan fingerprint density at radius 3 is 2.25 bits per heavy atom. The van der Waals surface area contributed by atoms with Crippen LogP contribution in [0.15, 0.2) is 12.1 Å². The van der Waals surface area contributed by atoms with Crippen molar-refractivity contribution in [1.82, 2.24) is 5.32 Å². The Morgan fingerprint density at radius 1 is 1.25 bits per heavy atom. The van der Waals surface area contributed by atoms with Gasteiger partial charge in [0.1, 0.15) is 12.1 Å². The number of alkyl carbamates (subject to hydrolysis) is 1. The number of carbonyl (C=O) groups excluding carboxylic acids is 1. The second-order valence-electron chi connectivity index (χ2n) is 4.81. The van der Waals surface area contributed by atoms with Crippen LogP contribution in [0.1, 0.15) is 29.2 Å². The lowest BCUT2D eigenvalue weighted by Gasteiger charge is -2.26. The Kier molecular flexibility index (Phi) is 2.41. The fraction of sp³-hybridized carbons (Fsp3) is 0.462. The summed E-state index contributed by atoms with van der Waals surface area (Å²) in [4.78, 5) is 11.2. The lowest BCUT2D eigenvalue weighted by Crippen LogP contribution is -2.38. The number of nitrogens with one attached hydrogen (secondary N) is 1. The highest BCUT2D eigenvalue weighted by atomic mass is 16.6. The second kappa shape index (κ2) is 3.51. The minimum Gasteiger partial charge on any atom is -0.447 e. The average Bonchev–Trinajstić information content (AvgIpc) is 2.44. The third kappa shape index (κ3) is 1.66. The summed E-state index contributed by atoms with van der Waals surface area (Å²) in [5.74, 6) is 0. The average molecular weight is 219 g/mol. The number of amides is 1. The first-order valence-corrected chi connectivity index (χ1v) is 5.46. The zero-order valence-electron chi connectivity index (χ0n) is 10.2. The molecular weight excluding hydrogens is 202 g/mol. The third-order valence-electron chi connectivity index (χ3n) is 3.10. The van der Waals surface area contributed by atoms with Gasteiger partial charge in [0.15, 0.2) is 0 Å². The molecule has 1 aromatic carbocycles. The molecule has 1 aliphatic rings. The fourth-order valence-electron chi connectivity index (χ4n) is 2.69. The minimum absolute atomic E-state index is 0.332. The van der Waals surface area contributed by atoms with Crippen molar-refractivity contribution < 1.29 is 9.53 Å². The van der Waals surface area contributed by atoms with Crippen molar-refractivity contribution in [1.29, 1.82) is 0 Å². The van der Waals surface area contributed by atoms with E-state index in [0.717, 1.165) is 0 Å². The van der Waals surface area contributed by atoms with E-state index in [1.807, 2.05) is 6.92 Å². The molecular formula is C13H17NO2. The molecule has 0 spiro atoms. The topological polar surface area (TPSA) is 38.3 Å². The second-order valence-corrected chi connectivity index (χ2v) is 4.81. The zero-order valence-corrected chi connectivity index (χ0v) is 10.2. The smallest absolute Gasteiger partial charge is 0.408 e. The molecule has 1 saturated heterocycles. The molecule has 0 radical (unpaired) electrons. The molecule has 1 atom stereocenters. The molecule has 0 bridgehead atoms. The largest absolute Gasteiger partial charge is 0.447 e. The molecule has 1 N–H and O–H groups in total. The van der Waals surface area contributed by atoms with E-state index in [-0.39, 0.29) is 11.6 Å². The van der Waals surface area contributed by atoms with E-state index in [9.17, 15) is 4.79 Å². The monoisotopic (exact) mass is 219 g/mol. The van der Waals surface area contributed by atoms with Crippen molar-refractivity contribution in [2.75, 3.05) is 6.61 Å². The predicted molar refractivity (Wildman–Crippen MR) is 62.5 cm³/mol. The summed E-state index contributed by atoms with van der Waals surface area (Å²) in [6, 6.07) is 4.27. The van der Waals surface area contributed by atoms with E-state index in [2.05, 4.69) is 38.2 Å². The highest BCUT2D eigenvalue weighted by molar-refractivity contribution is 5.71.